The van der Waals surface area contributed by atoms with Crippen LogP contribution in [0.15, 0.2) is 0 Å². The van der Waals surface area contributed by atoms with Crippen LogP contribution in [-0.2, 0) is 4.57 Å². The van der Waals surface area contributed by atoms with Gasteiger partial charge in [-0.05, 0) is 32.1 Å². The van der Waals surface area contributed by atoms with Gasteiger partial charge >= 0.3 is 7.60 Å². The Morgan fingerprint density at radius 2 is 1.00 bits per heavy atom. The third-order valence-electron chi connectivity index (χ3n) is 5.08. The van der Waals surface area contributed by atoms with E-state index in [-0.39, 0.29) is 18.6 Å². The third kappa shape index (κ3) is 22.4. The molecular weight excluding hydrogens is 369 g/mol. The van der Waals surface area contributed by atoms with Crippen molar-refractivity contribution in [2.75, 3.05) is 33.3 Å². The lowest BCUT2D eigenvalue weighted by Crippen LogP contribution is -3.00. The standard InChI is InChI=1S/C20H44NO3P.ClH/c1-4-5-6-7-8-9-10-11-12-15-18-21(2,3)19-16-13-14-17-20-25(22,23)24;/h4-20H2,1-3H3,(H-,22,23,24);1H. The fourth-order valence-corrected chi connectivity index (χ4v) is 3.99. The van der Waals surface area contributed by atoms with Crippen LogP contribution in [0.1, 0.15) is 96.8 Å². The summed E-state index contributed by atoms with van der Waals surface area (Å²) in [6, 6.07) is 0. The largest absolute Gasteiger partial charge is 1.00 e. The number of nitrogens with zero attached hydrogens (tertiary/aromatic N) is 1. The van der Waals surface area contributed by atoms with Crippen molar-refractivity contribution < 1.29 is 31.2 Å². The summed E-state index contributed by atoms with van der Waals surface area (Å²) in [7, 11) is 0.833. The summed E-state index contributed by atoms with van der Waals surface area (Å²) < 4.78 is 11.9. The van der Waals surface area contributed by atoms with Crippen molar-refractivity contribution >= 4 is 7.60 Å². The lowest BCUT2D eigenvalue weighted by Gasteiger charge is -2.30. The molecule has 0 aromatic heterocycles. The SMILES string of the molecule is CCCCCCCCCCCC[N+](C)(C)CCCCCCP(=O)(O)O.[Cl-]. The van der Waals surface area contributed by atoms with Gasteiger partial charge in [-0.1, -0.05) is 64.7 Å². The summed E-state index contributed by atoms with van der Waals surface area (Å²) in [6.45, 7) is 4.69. The van der Waals surface area contributed by atoms with Crippen LogP contribution in [0.4, 0.5) is 0 Å². The van der Waals surface area contributed by atoms with E-state index in [4.69, 9.17) is 9.79 Å². The summed E-state index contributed by atoms with van der Waals surface area (Å²) >= 11 is 0. The van der Waals surface area contributed by atoms with Crippen LogP contribution < -0.4 is 12.4 Å². The number of hydrogen-bond donors (Lipinski definition) is 2. The molecule has 0 atom stereocenters. The third-order valence-corrected chi connectivity index (χ3v) is 5.98. The second-order valence-electron chi connectivity index (χ2n) is 8.37. The zero-order valence-corrected chi connectivity index (χ0v) is 19.2. The van der Waals surface area contributed by atoms with Crippen LogP contribution in [0, 0.1) is 0 Å². The molecule has 160 valence electrons. The molecule has 6 heteroatoms. The predicted molar refractivity (Wildman–Crippen MR) is 109 cm³/mol. The van der Waals surface area contributed by atoms with Crippen molar-refractivity contribution in [1.29, 1.82) is 0 Å². The molecule has 0 radical (unpaired) electrons. The minimum absolute atomic E-state index is 0. The van der Waals surface area contributed by atoms with Crippen molar-refractivity contribution in [3.8, 4) is 0 Å². The average Bonchev–Trinajstić information content (AvgIpc) is 2.51. The summed E-state index contributed by atoms with van der Waals surface area (Å²) in [5.41, 5.74) is 0. The van der Waals surface area contributed by atoms with E-state index in [1.165, 1.54) is 77.3 Å². The molecule has 0 rings (SSSR count). The van der Waals surface area contributed by atoms with Gasteiger partial charge in [0.25, 0.3) is 0 Å². The second kappa shape index (κ2) is 17.5. The van der Waals surface area contributed by atoms with E-state index in [0.29, 0.717) is 6.42 Å². The van der Waals surface area contributed by atoms with Gasteiger partial charge in [0.1, 0.15) is 0 Å². The number of unbranched alkanes of at least 4 members (excludes halogenated alkanes) is 12. The normalized spacial score (nSPS) is 12.2. The Morgan fingerprint density at radius 1 is 0.654 bits per heavy atom. The van der Waals surface area contributed by atoms with E-state index < -0.39 is 7.60 Å². The Balaban J connectivity index is 0. The topological polar surface area (TPSA) is 57.5 Å². The maximum Gasteiger partial charge on any atom is 0.325 e. The van der Waals surface area contributed by atoms with Crippen LogP contribution in [0.25, 0.3) is 0 Å². The fraction of sp³-hybridized carbons (Fsp3) is 1.00. The van der Waals surface area contributed by atoms with E-state index in [9.17, 15) is 4.57 Å². The highest BCUT2D eigenvalue weighted by atomic mass is 35.5. The van der Waals surface area contributed by atoms with Crippen LogP contribution in [-0.4, -0.2) is 47.6 Å². The molecule has 0 aliphatic carbocycles. The van der Waals surface area contributed by atoms with Gasteiger partial charge in [0.05, 0.1) is 27.2 Å². The monoisotopic (exact) mass is 413 g/mol. The Morgan fingerprint density at radius 3 is 1.38 bits per heavy atom. The van der Waals surface area contributed by atoms with Gasteiger partial charge in [-0.15, -0.1) is 0 Å². The summed E-state index contributed by atoms with van der Waals surface area (Å²) in [5, 5.41) is 0. The predicted octanol–water partition coefficient (Wildman–Crippen LogP) is 2.73. The first-order valence-electron chi connectivity index (χ1n) is 10.6. The van der Waals surface area contributed by atoms with Crippen molar-refractivity contribution in [2.24, 2.45) is 0 Å². The molecule has 0 aliphatic rings. The van der Waals surface area contributed by atoms with Gasteiger partial charge in [-0.2, -0.15) is 0 Å². The van der Waals surface area contributed by atoms with Crippen molar-refractivity contribution in [3.63, 3.8) is 0 Å². The van der Waals surface area contributed by atoms with Crippen LogP contribution in [0.5, 0.6) is 0 Å². The van der Waals surface area contributed by atoms with E-state index >= 15 is 0 Å². The smallest absolute Gasteiger partial charge is 0.325 e. The molecule has 0 bridgehead atoms. The molecule has 4 nitrogen and oxygen atoms in total. The maximum atomic E-state index is 10.8. The van der Waals surface area contributed by atoms with Gasteiger partial charge in [0.2, 0.25) is 0 Å². The maximum absolute atomic E-state index is 10.8. The van der Waals surface area contributed by atoms with E-state index in [1.807, 2.05) is 0 Å². The van der Waals surface area contributed by atoms with E-state index in [2.05, 4.69) is 21.0 Å². The minimum atomic E-state index is -3.79. The zero-order valence-electron chi connectivity index (χ0n) is 17.6. The lowest BCUT2D eigenvalue weighted by atomic mass is 10.1. The Hall–Kier alpha value is 0.400. The number of quaternary nitrogens is 1. The van der Waals surface area contributed by atoms with E-state index in [0.717, 1.165) is 23.7 Å². The molecule has 0 saturated heterocycles. The molecule has 0 fully saturated rings. The van der Waals surface area contributed by atoms with Gasteiger partial charge in [0, 0.05) is 6.16 Å². The number of halogens is 1. The van der Waals surface area contributed by atoms with Crippen molar-refractivity contribution in [2.45, 2.75) is 96.8 Å². The first-order chi connectivity index (χ1) is 11.8. The number of hydrogen-bond acceptors (Lipinski definition) is 1. The molecule has 2 N–H and O–H groups in total. The number of rotatable bonds is 18. The fourth-order valence-electron chi connectivity index (χ4n) is 3.35. The molecule has 0 aromatic rings. The molecule has 0 amide bonds. The van der Waals surface area contributed by atoms with Crippen LogP contribution >= 0.6 is 7.60 Å². The quantitative estimate of drug-likeness (QED) is 0.206. The molecule has 0 spiro atoms. The van der Waals surface area contributed by atoms with Crippen LogP contribution in [0.3, 0.4) is 0 Å². The van der Waals surface area contributed by atoms with E-state index in [1.54, 1.807) is 0 Å². The first-order valence-corrected chi connectivity index (χ1v) is 12.4. The first kappa shape index (κ1) is 28.6. The minimum Gasteiger partial charge on any atom is -1.00 e. The highest BCUT2D eigenvalue weighted by molar-refractivity contribution is 7.51. The van der Waals surface area contributed by atoms with Gasteiger partial charge in [-0.3, -0.25) is 4.57 Å². The lowest BCUT2D eigenvalue weighted by molar-refractivity contribution is -0.890. The summed E-state index contributed by atoms with van der Waals surface area (Å²) in [6.07, 6.45) is 17.7. The van der Waals surface area contributed by atoms with Crippen molar-refractivity contribution in [3.05, 3.63) is 0 Å². The highest BCUT2D eigenvalue weighted by Crippen LogP contribution is 2.35. The van der Waals surface area contributed by atoms with Gasteiger partial charge < -0.3 is 26.7 Å². The molecule has 0 unspecified atom stereocenters. The van der Waals surface area contributed by atoms with Gasteiger partial charge in [0.15, 0.2) is 0 Å². The molecule has 0 saturated carbocycles. The molecule has 0 aromatic carbocycles. The van der Waals surface area contributed by atoms with Gasteiger partial charge in [-0.25, -0.2) is 0 Å². The summed E-state index contributed by atoms with van der Waals surface area (Å²) in [4.78, 5) is 17.7. The Labute approximate surface area is 169 Å². The molecule has 26 heavy (non-hydrogen) atoms. The Kier molecular flexibility index (Phi) is 19.3. The van der Waals surface area contributed by atoms with Crippen LogP contribution in [0.2, 0.25) is 0 Å². The molecular formula is C20H45ClNO3P. The Bertz CT molecular complexity index is 348. The molecule has 0 heterocycles. The molecule has 0 aliphatic heterocycles. The highest BCUT2D eigenvalue weighted by Gasteiger charge is 2.14. The average molecular weight is 414 g/mol. The van der Waals surface area contributed by atoms with Crippen molar-refractivity contribution in [1.82, 2.24) is 0 Å². The zero-order chi connectivity index (χ0) is 19.0. The summed E-state index contributed by atoms with van der Waals surface area (Å²) in [5.74, 6) is 0. The second-order valence-corrected chi connectivity index (χ2v) is 10.1.